The first-order valence-corrected chi connectivity index (χ1v) is 9.74. The number of amidine groups is 1. The Labute approximate surface area is 165 Å². The Morgan fingerprint density at radius 3 is 2.75 bits per heavy atom. The molecule has 0 bridgehead atoms. The van der Waals surface area contributed by atoms with Crippen LogP contribution in [-0.2, 0) is 9.59 Å². The monoisotopic (exact) mass is 399 g/mol. The summed E-state index contributed by atoms with van der Waals surface area (Å²) in [6.45, 7) is 0.488. The lowest BCUT2D eigenvalue weighted by molar-refractivity contribution is -0.121. The summed E-state index contributed by atoms with van der Waals surface area (Å²) < 4.78 is 13.7. The molecular formula is C19H18FN5O2S. The molecule has 2 atom stereocenters. The fraction of sp³-hybridized carbons (Fsp3) is 0.211. The second kappa shape index (κ2) is 8.09. The van der Waals surface area contributed by atoms with Crippen LogP contribution < -0.4 is 21.1 Å². The molecule has 2 heterocycles. The molecule has 7 nitrogen and oxygen atoms in total. The summed E-state index contributed by atoms with van der Waals surface area (Å²) in [5.74, 6) is -1.27. The lowest BCUT2D eigenvalue weighted by Gasteiger charge is -2.32. The zero-order valence-corrected chi connectivity index (χ0v) is 15.6. The van der Waals surface area contributed by atoms with Crippen LogP contribution in [0, 0.1) is 11.7 Å². The highest BCUT2D eigenvalue weighted by atomic mass is 32.2. The van der Waals surface area contributed by atoms with Gasteiger partial charge in [-0.1, -0.05) is 42.1 Å². The van der Waals surface area contributed by atoms with Crippen molar-refractivity contribution in [2.45, 2.75) is 6.17 Å². The number of thioether (sulfide) groups is 1. The molecule has 2 aliphatic rings. The molecule has 2 aromatic rings. The van der Waals surface area contributed by atoms with E-state index in [0.29, 0.717) is 17.4 Å². The minimum atomic E-state index is -0.499. The first-order valence-electron chi connectivity index (χ1n) is 8.76. The van der Waals surface area contributed by atoms with Crippen molar-refractivity contribution in [3.8, 4) is 0 Å². The Bertz CT molecular complexity index is 924. The van der Waals surface area contributed by atoms with E-state index in [2.05, 4.69) is 21.2 Å². The summed E-state index contributed by atoms with van der Waals surface area (Å²) in [7, 11) is 0. The van der Waals surface area contributed by atoms with Gasteiger partial charge in [-0.2, -0.15) is 0 Å². The topological polar surface area (TPSA) is 85.8 Å². The van der Waals surface area contributed by atoms with Crippen molar-refractivity contribution in [1.82, 2.24) is 10.9 Å². The second-order valence-corrected chi connectivity index (χ2v) is 7.26. The van der Waals surface area contributed by atoms with E-state index in [-0.39, 0.29) is 35.3 Å². The Morgan fingerprint density at radius 1 is 1.21 bits per heavy atom. The third-order valence-corrected chi connectivity index (χ3v) is 5.38. The maximum atomic E-state index is 13.7. The van der Waals surface area contributed by atoms with Crippen molar-refractivity contribution in [1.29, 1.82) is 0 Å². The zero-order valence-electron chi connectivity index (χ0n) is 14.8. The average molecular weight is 399 g/mol. The maximum absolute atomic E-state index is 13.7. The fourth-order valence-corrected chi connectivity index (χ4v) is 3.91. The number of amides is 2. The van der Waals surface area contributed by atoms with Gasteiger partial charge in [-0.15, -0.1) is 0 Å². The van der Waals surface area contributed by atoms with Crippen LogP contribution in [0.4, 0.5) is 15.8 Å². The largest absolute Gasteiger partial charge is 0.323 e. The normalized spacial score (nSPS) is 21.2. The maximum Gasteiger partial charge on any atom is 0.241 e. The van der Waals surface area contributed by atoms with Crippen LogP contribution in [0.2, 0.25) is 0 Å². The van der Waals surface area contributed by atoms with E-state index in [0.717, 1.165) is 11.8 Å². The Hall–Kier alpha value is -2.75. The first-order chi connectivity index (χ1) is 13.6. The quantitative estimate of drug-likeness (QED) is 0.732. The number of nitrogens with zero attached hydrogens (tertiary/aromatic N) is 2. The third kappa shape index (κ3) is 3.77. The molecule has 1 fully saturated rings. The predicted molar refractivity (Wildman–Crippen MR) is 107 cm³/mol. The molecule has 0 aliphatic carbocycles. The van der Waals surface area contributed by atoms with Gasteiger partial charge in [-0.05, 0) is 24.3 Å². The van der Waals surface area contributed by atoms with Gasteiger partial charge in [-0.3, -0.25) is 19.9 Å². The number of fused-ring (bicyclic) bond motifs is 1. The van der Waals surface area contributed by atoms with E-state index in [1.165, 1.54) is 17.0 Å². The molecular weight excluding hydrogens is 381 g/mol. The number of hydrogen-bond donors (Lipinski definition) is 3. The zero-order chi connectivity index (χ0) is 19.5. The third-order valence-electron chi connectivity index (χ3n) is 4.43. The smallest absolute Gasteiger partial charge is 0.241 e. The summed E-state index contributed by atoms with van der Waals surface area (Å²) in [5, 5.41) is 2.97. The number of para-hydroxylation sites is 2. The number of anilines is 2. The van der Waals surface area contributed by atoms with Crippen LogP contribution in [0.5, 0.6) is 0 Å². The van der Waals surface area contributed by atoms with Gasteiger partial charge in [0.15, 0.2) is 5.17 Å². The van der Waals surface area contributed by atoms with E-state index >= 15 is 0 Å². The summed E-state index contributed by atoms with van der Waals surface area (Å²) in [6, 6.07) is 15.2. The highest BCUT2D eigenvalue weighted by Crippen LogP contribution is 2.29. The first kappa shape index (κ1) is 18.6. The Kier molecular flexibility index (Phi) is 5.38. The van der Waals surface area contributed by atoms with Gasteiger partial charge in [0.05, 0.1) is 23.0 Å². The van der Waals surface area contributed by atoms with Crippen LogP contribution >= 0.6 is 11.8 Å². The van der Waals surface area contributed by atoms with Gasteiger partial charge >= 0.3 is 0 Å². The molecule has 2 aromatic carbocycles. The summed E-state index contributed by atoms with van der Waals surface area (Å²) in [4.78, 5) is 31.4. The van der Waals surface area contributed by atoms with Crippen molar-refractivity contribution in [2.24, 2.45) is 10.9 Å². The molecule has 0 radical (unpaired) electrons. The van der Waals surface area contributed by atoms with Gasteiger partial charge in [0, 0.05) is 6.54 Å². The van der Waals surface area contributed by atoms with E-state index in [9.17, 15) is 14.0 Å². The molecule has 2 aliphatic heterocycles. The van der Waals surface area contributed by atoms with Crippen LogP contribution in [0.25, 0.3) is 0 Å². The van der Waals surface area contributed by atoms with Crippen LogP contribution in [0.15, 0.2) is 59.6 Å². The van der Waals surface area contributed by atoms with Gasteiger partial charge in [-0.25, -0.2) is 14.8 Å². The van der Waals surface area contributed by atoms with Crippen LogP contribution in [0.1, 0.15) is 0 Å². The molecule has 3 N–H and O–H groups in total. The number of carbonyl (C=O) groups is 2. The van der Waals surface area contributed by atoms with E-state index in [1.807, 2.05) is 30.3 Å². The summed E-state index contributed by atoms with van der Waals surface area (Å²) >= 11 is 1.14. The highest BCUT2D eigenvalue weighted by molar-refractivity contribution is 8.14. The number of halogens is 1. The molecule has 28 heavy (non-hydrogen) atoms. The van der Waals surface area contributed by atoms with Gasteiger partial charge in [0.2, 0.25) is 11.8 Å². The van der Waals surface area contributed by atoms with E-state index < -0.39 is 5.82 Å². The standard InChI is InChI=1S/C19H18FN5O2S/c20-14-8-4-5-9-15(14)22-16(26)11-28-19-23-17-13(10-21-24-17)18(27)25(19)12-6-2-1-3-7-12/h1-9,13,17,21,24H,10-11H2,(H,22,26). The van der Waals surface area contributed by atoms with Crippen molar-refractivity contribution < 1.29 is 14.0 Å². The molecule has 4 rings (SSSR count). The predicted octanol–water partition coefficient (Wildman–Crippen LogP) is 1.95. The van der Waals surface area contributed by atoms with Crippen LogP contribution in [-0.4, -0.2) is 35.4 Å². The van der Waals surface area contributed by atoms with E-state index in [1.54, 1.807) is 12.1 Å². The molecule has 0 aromatic heterocycles. The van der Waals surface area contributed by atoms with Crippen molar-refractivity contribution in [3.63, 3.8) is 0 Å². The van der Waals surface area contributed by atoms with E-state index in [4.69, 9.17) is 0 Å². The lowest BCUT2D eigenvalue weighted by Crippen LogP contribution is -2.49. The number of aliphatic imine (C=N–C) groups is 1. The summed E-state index contributed by atoms with van der Waals surface area (Å²) in [5.41, 5.74) is 6.75. The number of hydrogen-bond acceptors (Lipinski definition) is 6. The highest BCUT2D eigenvalue weighted by Gasteiger charge is 2.42. The van der Waals surface area contributed by atoms with Crippen molar-refractivity contribution in [2.75, 3.05) is 22.5 Å². The number of rotatable bonds is 4. The molecule has 2 amide bonds. The molecule has 2 unspecified atom stereocenters. The molecule has 9 heteroatoms. The van der Waals surface area contributed by atoms with Crippen molar-refractivity contribution in [3.05, 3.63) is 60.4 Å². The molecule has 0 saturated carbocycles. The number of benzene rings is 2. The van der Waals surface area contributed by atoms with Crippen LogP contribution in [0.3, 0.4) is 0 Å². The SMILES string of the molecule is O=C(CSC1=NC2NNCC2C(=O)N1c1ccccc1)Nc1ccccc1F. The number of nitrogens with one attached hydrogen (secondary N) is 3. The minimum Gasteiger partial charge on any atom is -0.323 e. The van der Waals surface area contributed by atoms with Gasteiger partial charge in [0.25, 0.3) is 0 Å². The van der Waals surface area contributed by atoms with Gasteiger partial charge in [0.1, 0.15) is 12.0 Å². The molecule has 0 spiro atoms. The van der Waals surface area contributed by atoms with Crippen molar-refractivity contribution >= 4 is 40.1 Å². The lowest BCUT2D eigenvalue weighted by atomic mass is 10.1. The Morgan fingerprint density at radius 2 is 1.96 bits per heavy atom. The summed E-state index contributed by atoms with van der Waals surface area (Å²) in [6.07, 6.45) is -0.371. The average Bonchev–Trinajstić information content (AvgIpc) is 3.18. The molecule has 1 saturated heterocycles. The number of hydrazine groups is 1. The minimum absolute atomic E-state index is 0.00536. The molecule has 144 valence electrons. The fourth-order valence-electron chi connectivity index (χ4n) is 3.06. The van der Waals surface area contributed by atoms with Gasteiger partial charge < -0.3 is 5.32 Å². The second-order valence-electron chi connectivity index (χ2n) is 6.31. The Balaban J connectivity index is 1.51. The number of carbonyl (C=O) groups excluding carboxylic acids is 2.